The number of nitrogens with one attached hydrogen (secondary N) is 2. The number of rotatable bonds is 10. The van der Waals surface area contributed by atoms with Crippen molar-refractivity contribution in [3.63, 3.8) is 0 Å². The SMILES string of the molecule is O=C(CCc1ccccc1)Cc1ccc(NC(=O)/C(=C/c2ccc(Cl)cc2)NC(=O)c2ccccc2)cc1. The highest BCUT2D eigenvalue weighted by Gasteiger charge is 2.15. The van der Waals surface area contributed by atoms with Crippen molar-refractivity contribution in [1.29, 1.82) is 0 Å². The molecule has 4 rings (SSSR count). The molecule has 0 aliphatic carbocycles. The van der Waals surface area contributed by atoms with Crippen LogP contribution < -0.4 is 10.6 Å². The van der Waals surface area contributed by atoms with Gasteiger partial charge in [-0.25, -0.2) is 0 Å². The van der Waals surface area contributed by atoms with E-state index in [1.807, 2.05) is 48.5 Å². The van der Waals surface area contributed by atoms with Gasteiger partial charge in [-0.3, -0.25) is 14.4 Å². The van der Waals surface area contributed by atoms with Crippen molar-refractivity contribution in [2.45, 2.75) is 19.3 Å². The van der Waals surface area contributed by atoms with Gasteiger partial charge < -0.3 is 10.6 Å². The number of amides is 2. The first-order valence-electron chi connectivity index (χ1n) is 12.3. The number of carbonyl (C=O) groups is 3. The second kappa shape index (κ2) is 13.2. The maximum atomic E-state index is 13.2. The first-order chi connectivity index (χ1) is 18.5. The molecule has 0 aliphatic rings. The Morgan fingerprint density at radius 3 is 2.00 bits per heavy atom. The van der Waals surface area contributed by atoms with E-state index in [0.717, 1.165) is 11.1 Å². The summed E-state index contributed by atoms with van der Waals surface area (Å²) in [6, 6.07) is 32.7. The van der Waals surface area contributed by atoms with Gasteiger partial charge in [0.1, 0.15) is 11.5 Å². The standard InChI is InChI=1S/C32H27ClN2O3/c33-27-16-11-25(12-17-27)22-30(35-31(37)26-9-5-2-6-10-26)32(38)34-28-18-13-24(14-19-28)21-29(36)20-15-23-7-3-1-4-8-23/h1-14,16-19,22H,15,20-21H2,(H,34,38)(H,35,37)/b30-22-. The first-order valence-corrected chi connectivity index (χ1v) is 12.6. The second-order valence-electron chi connectivity index (χ2n) is 8.78. The molecule has 0 aliphatic heterocycles. The van der Waals surface area contributed by atoms with Crippen molar-refractivity contribution in [3.05, 3.63) is 142 Å². The molecule has 0 radical (unpaired) electrons. The molecule has 0 saturated heterocycles. The van der Waals surface area contributed by atoms with E-state index < -0.39 is 11.8 Å². The monoisotopic (exact) mass is 522 g/mol. The highest BCUT2D eigenvalue weighted by Crippen LogP contribution is 2.16. The minimum atomic E-state index is -0.476. The number of anilines is 1. The fraction of sp³-hybridized carbons (Fsp3) is 0.0938. The summed E-state index contributed by atoms with van der Waals surface area (Å²) in [7, 11) is 0. The number of hydrogen-bond donors (Lipinski definition) is 2. The summed E-state index contributed by atoms with van der Waals surface area (Å²) in [6.45, 7) is 0. The molecule has 0 fully saturated rings. The van der Waals surface area contributed by atoms with Crippen molar-refractivity contribution in [2.75, 3.05) is 5.32 Å². The smallest absolute Gasteiger partial charge is 0.272 e. The van der Waals surface area contributed by atoms with E-state index in [-0.39, 0.29) is 11.5 Å². The van der Waals surface area contributed by atoms with E-state index in [4.69, 9.17) is 11.6 Å². The summed E-state index contributed by atoms with van der Waals surface area (Å²) in [5.41, 5.74) is 3.78. The number of halogens is 1. The van der Waals surface area contributed by atoms with E-state index in [0.29, 0.717) is 41.1 Å². The fourth-order valence-electron chi connectivity index (χ4n) is 3.82. The summed E-state index contributed by atoms with van der Waals surface area (Å²) < 4.78 is 0. The van der Waals surface area contributed by atoms with Crippen LogP contribution in [-0.2, 0) is 22.4 Å². The van der Waals surface area contributed by atoms with Gasteiger partial charge in [0.2, 0.25) is 0 Å². The van der Waals surface area contributed by atoms with E-state index in [2.05, 4.69) is 10.6 Å². The Hall–Kier alpha value is -4.48. The van der Waals surface area contributed by atoms with Crippen LogP contribution in [0.15, 0.2) is 115 Å². The van der Waals surface area contributed by atoms with E-state index in [9.17, 15) is 14.4 Å². The largest absolute Gasteiger partial charge is 0.321 e. The number of benzene rings is 4. The van der Waals surface area contributed by atoms with Gasteiger partial charge in [0.25, 0.3) is 11.8 Å². The molecule has 0 spiro atoms. The molecule has 2 N–H and O–H groups in total. The Bertz CT molecular complexity index is 1420. The number of hydrogen-bond acceptors (Lipinski definition) is 3. The van der Waals surface area contributed by atoms with Crippen molar-refractivity contribution in [3.8, 4) is 0 Å². The zero-order valence-electron chi connectivity index (χ0n) is 20.7. The lowest BCUT2D eigenvalue weighted by Crippen LogP contribution is -2.30. The van der Waals surface area contributed by atoms with Crippen LogP contribution >= 0.6 is 11.6 Å². The van der Waals surface area contributed by atoms with Gasteiger partial charge >= 0.3 is 0 Å². The molecule has 0 bridgehead atoms. The second-order valence-corrected chi connectivity index (χ2v) is 9.22. The van der Waals surface area contributed by atoms with Gasteiger partial charge in [0.05, 0.1) is 0 Å². The molecule has 4 aromatic carbocycles. The van der Waals surface area contributed by atoms with E-state index in [1.54, 1.807) is 66.7 Å². The van der Waals surface area contributed by atoms with Gasteiger partial charge in [-0.15, -0.1) is 0 Å². The summed E-state index contributed by atoms with van der Waals surface area (Å²) in [6.07, 6.45) is 3.11. The van der Waals surface area contributed by atoms with Crippen molar-refractivity contribution in [1.82, 2.24) is 5.32 Å². The Morgan fingerprint density at radius 1 is 0.711 bits per heavy atom. The van der Waals surface area contributed by atoms with Crippen LogP contribution in [0.2, 0.25) is 5.02 Å². The topological polar surface area (TPSA) is 75.3 Å². The zero-order valence-corrected chi connectivity index (χ0v) is 21.4. The molecule has 190 valence electrons. The maximum Gasteiger partial charge on any atom is 0.272 e. The highest BCUT2D eigenvalue weighted by atomic mass is 35.5. The number of ketones is 1. The summed E-state index contributed by atoms with van der Waals surface area (Å²) in [5, 5.41) is 6.11. The molecular formula is C32H27ClN2O3. The lowest BCUT2D eigenvalue weighted by atomic mass is 10.0. The molecule has 0 unspecified atom stereocenters. The third kappa shape index (κ3) is 8.02. The third-order valence-electron chi connectivity index (χ3n) is 5.86. The Kier molecular flexibility index (Phi) is 9.22. The molecule has 0 atom stereocenters. The van der Waals surface area contributed by atoms with Crippen LogP contribution in [0, 0.1) is 0 Å². The Morgan fingerprint density at radius 2 is 1.34 bits per heavy atom. The Labute approximate surface area is 227 Å². The van der Waals surface area contributed by atoms with Crippen LogP contribution in [0.1, 0.15) is 33.5 Å². The van der Waals surface area contributed by atoms with Crippen LogP contribution in [-0.4, -0.2) is 17.6 Å². The normalized spacial score (nSPS) is 11.0. The van der Waals surface area contributed by atoms with Crippen LogP contribution in [0.3, 0.4) is 0 Å². The highest BCUT2D eigenvalue weighted by molar-refractivity contribution is 6.30. The van der Waals surface area contributed by atoms with Gasteiger partial charge in [-0.2, -0.15) is 0 Å². The van der Waals surface area contributed by atoms with Crippen molar-refractivity contribution in [2.24, 2.45) is 0 Å². The lowest BCUT2D eigenvalue weighted by Gasteiger charge is -2.12. The molecular weight excluding hydrogens is 496 g/mol. The molecule has 0 aromatic heterocycles. The fourth-order valence-corrected chi connectivity index (χ4v) is 3.94. The number of Topliss-reactive ketones (excluding diaryl/α,β-unsaturated/α-hetero) is 1. The van der Waals surface area contributed by atoms with Crippen molar-refractivity contribution >= 4 is 41.0 Å². The van der Waals surface area contributed by atoms with Crippen molar-refractivity contribution < 1.29 is 14.4 Å². The van der Waals surface area contributed by atoms with Gasteiger partial charge in [-0.05, 0) is 65.6 Å². The molecule has 38 heavy (non-hydrogen) atoms. The minimum Gasteiger partial charge on any atom is -0.321 e. The predicted octanol–water partition coefficient (Wildman–Crippen LogP) is 6.49. The van der Waals surface area contributed by atoms with Gasteiger partial charge in [0.15, 0.2) is 0 Å². The lowest BCUT2D eigenvalue weighted by molar-refractivity contribution is -0.118. The average molecular weight is 523 g/mol. The Balaban J connectivity index is 1.41. The van der Waals surface area contributed by atoms with Crippen LogP contribution in [0.5, 0.6) is 0 Å². The van der Waals surface area contributed by atoms with Crippen LogP contribution in [0.25, 0.3) is 6.08 Å². The van der Waals surface area contributed by atoms with Gasteiger partial charge in [0, 0.05) is 29.1 Å². The maximum absolute atomic E-state index is 13.2. The van der Waals surface area contributed by atoms with Crippen LogP contribution in [0.4, 0.5) is 5.69 Å². The summed E-state index contributed by atoms with van der Waals surface area (Å²) >= 11 is 5.98. The van der Waals surface area contributed by atoms with E-state index >= 15 is 0 Å². The van der Waals surface area contributed by atoms with Gasteiger partial charge in [-0.1, -0.05) is 84.4 Å². The predicted molar refractivity (Wildman–Crippen MR) is 152 cm³/mol. The molecule has 6 heteroatoms. The number of carbonyl (C=O) groups excluding carboxylic acids is 3. The summed E-state index contributed by atoms with van der Waals surface area (Å²) in [4.78, 5) is 38.3. The zero-order chi connectivity index (χ0) is 26.7. The molecule has 5 nitrogen and oxygen atoms in total. The molecule has 0 saturated carbocycles. The molecule has 2 amide bonds. The first kappa shape index (κ1) is 26.6. The minimum absolute atomic E-state index is 0.0846. The van der Waals surface area contributed by atoms with E-state index in [1.165, 1.54) is 0 Å². The quantitative estimate of drug-likeness (QED) is 0.234. The average Bonchev–Trinajstić information content (AvgIpc) is 2.94. The summed E-state index contributed by atoms with van der Waals surface area (Å²) in [5.74, 6) is -0.719. The third-order valence-corrected chi connectivity index (χ3v) is 6.11. The molecule has 4 aromatic rings. The number of aryl methyl sites for hydroxylation is 1. The molecule has 0 heterocycles.